The molecule has 2 aromatic rings. The van der Waals surface area contributed by atoms with Crippen molar-refractivity contribution < 1.29 is 18.4 Å². The van der Waals surface area contributed by atoms with Gasteiger partial charge in [-0.2, -0.15) is 0 Å². The van der Waals surface area contributed by atoms with E-state index in [0.717, 1.165) is 12.1 Å². The molecule has 0 amide bonds. The Kier molecular flexibility index (Phi) is 5.48. The van der Waals surface area contributed by atoms with Crippen LogP contribution in [0.5, 0.6) is 5.75 Å². The second kappa shape index (κ2) is 7.36. The van der Waals surface area contributed by atoms with Crippen molar-refractivity contribution in [3.05, 3.63) is 68.3 Å². The van der Waals surface area contributed by atoms with E-state index in [9.17, 15) is 18.9 Å². The van der Waals surface area contributed by atoms with E-state index in [0.29, 0.717) is 3.57 Å². The van der Waals surface area contributed by atoms with Crippen molar-refractivity contribution in [3.8, 4) is 5.75 Å². The lowest BCUT2D eigenvalue weighted by molar-refractivity contribution is -0.384. The molecule has 0 saturated carbocycles. The minimum Gasteiger partial charge on any atom is -0.482 e. The summed E-state index contributed by atoms with van der Waals surface area (Å²) < 4.78 is 33.4. The van der Waals surface area contributed by atoms with Crippen LogP contribution in [0.2, 0.25) is 0 Å². The van der Waals surface area contributed by atoms with Crippen molar-refractivity contribution in [1.82, 2.24) is 0 Å². The van der Waals surface area contributed by atoms with Crippen LogP contribution >= 0.6 is 22.6 Å². The molecule has 0 aliphatic rings. The van der Waals surface area contributed by atoms with Gasteiger partial charge in [0.2, 0.25) is 5.75 Å². The summed E-state index contributed by atoms with van der Waals surface area (Å²) in [5, 5.41) is 13.8. The lowest BCUT2D eigenvalue weighted by atomic mass is 10.2. The van der Waals surface area contributed by atoms with Crippen LogP contribution in [0.1, 0.15) is 0 Å². The predicted molar refractivity (Wildman–Crippen MR) is 91.1 cm³/mol. The normalized spacial score (nSPS) is 10.2. The molecule has 0 bridgehead atoms. The number of hydrogen-bond acceptors (Lipinski definition) is 4. The molecule has 0 atom stereocenters. The number of halogens is 3. The molecule has 23 heavy (non-hydrogen) atoms. The molecular weight excluding hydrogens is 421 g/mol. The number of ether oxygens (including phenoxy) is 1. The van der Waals surface area contributed by atoms with Crippen molar-refractivity contribution >= 4 is 39.7 Å². The molecule has 0 heterocycles. The summed E-state index contributed by atoms with van der Waals surface area (Å²) in [7, 11) is 0. The fourth-order valence-electron chi connectivity index (χ4n) is 1.85. The number of hydrogen-bond donors (Lipinski definition) is 1. The molecule has 0 aliphatic heterocycles. The number of nitrogens with zero attached hydrogens (tertiary/aromatic N) is 1. The third kappa shape index (κ3) is 4.15. The number of nitro groups is 1. The summed E-state index contributed by atoms with van der Waals surface area (Å²) in [6, 6.07) is 6.10. The third-order valence-electron chi connectivity index (χ3n) is 2.78. The number of anilines is 2. The van der Waals surface area contributed by atoms with Crippen molar-refractivity contribution in [2.24, 2.45) is 0 Å². The maximum Gasteiger partial charge on any atom is 0.334 e. The first kappa shape index (κ1) is 17.1. The number of nitrogens with one attached hydrogen (secondary N) is 1. The number of benzene rings is 2. The molecule has 120 valence electrons. The zero-order valence-electron chi connectivity index (χ0n) is 11.7. The van der Waals surface area contributed by atoms with Gasteiger partial charge in [-0.1, -0.05) is 12.7 Å². The van der Waals surface area contributed by atoms with Gasteiger partial charge in [0.15, 0.2) is 0 Å². The first-order chi connectivity index (χ1) is 10.9. The molecule has 0 radical (unpaired) electrons. The predicted octanol–water partition coefficient (Wildman–Crippen LogP) is 4.79. The van der Waals surface area contributed by atoms with E-state index in [1.54, 1.807) is 6.07 Å². The van der Waals surface area contributed by atoms with Crippen LogP contribution in [-0.4, -0.2) is 11.5 Å². The van der Waals surface area contributed by atoms with E-state index in [2.05, 4.69) is 11.9 Å². The Morgan fingerprint density at radius 1 is 1.30 bits per heavy atom. The molecule has 0 fully saturated rings. The Hall–Kier alpha value is -2.23. The third-order valence-corrected chi connectivity index (χ3v) is 3.45. The highest BCUT2D eigenvalue weighted by Gasteiger charge is 2.24. The summed E-state index contributed by atoms with van der Waals surface area (Å²) in [5.41, 5.74) is -0.686. The Morgan fingerprint density at radius 3 is 2.65 bits per heavy atom. The van der Waals surface area contributed by atoms with Gasteiger partial charge in [-0.15, -0.1) is 0 Å². The maximum absolute atomic E-state index is 13.9. The highest BCUT2D eigenvalue weighted by molar-refractivity contribution is 14.1. The average Bonchev–Trinajstić information content (AvgIpc) is 2.47. The molecule has 0 aromatic heterocycles. The van der Waals surface area contributed by atoms with Gasteiger partial charge in [0.05, 0.1) is 10.6 Å². The van der Waals surface area contributed by atoms with Gasteiger partial charge in [0.1, 0.15) is 23.9 Å². The largest absolute Gasteiger partial charge is 0.482 e. The van der Waals surface area contributed by atoms with Gasteiger partial charge in [0.25, 0.3) is 0 Å². The van der Waals surface area contributed by atoms with E-state index in [1.807, 2.05) is 22.6 Å². The van der Waals surface area contributed by atoms with Gasteiger partial charge < -0.3 is 10.1 Å². The fraction of sp³-hybridized carbons (Fsp3) is 0.0667. The maximum atomic E-state index is 13.9. The monoisotopic (exact) mass is 432 g/mol. The molecule has 0 saturated heterocycles. The Labute approximate surface area is 144 Å². The van der Waals surface area contributed by atoms with Crippen LogP contribution in [0.4, 0.5) is 25.8 Å². The summed E-state index contributed by atoms with van der Waals surface area (Å²) >= 11 is 1.93. The number of rotatable bonds is 6. The molecule has 8 heteroatoms. The standard InChI is InChI=1S/C15H11F2IN2O3/c1-2-5-23-14-7-9(16)6-13(15(14)20(21)22)19-12-4-3-10(18)8-11(12)17/h2-4,6-8,19H,1,5H2. The van der Waals surface area contributed by atoms with Crippen LogP contribution in [0, 0.1) is 25.3 Å². The second-order valence-electron chi connectivity index (χ2n) is 4.41. The van der Waals surface area contributed by atoms with E-state index in [1.165, 1.54) is 18.2 Å². The topological polar surface area (TPSA) is 64.4 Å². The first-order valence-electron chi connectivity index (χ1n) is 6.36. The molecule has 5 nitrogen and oxygen atoms in total. The highest BCUT2D eigenvalue weighted by atomic mass is 127. The van der Waals surface area contributed by atoms with Gasteiger partial charge in [-0.3, -0.25) is 10.1 Å². The van der Waals surface area contributed by atoms with E-state index < -0.39 is 22.2 Å². The SMILES string of the molecule is C=CCOc1cc(F)cc(Nc2ccc(I)cc2F)c1[N+](=O)[O-]. The van der Waals surface area contributed by atoms with Crippen LogP contribution in [0.3, 0.4) is 0 Å². The fourth-order valence-corrected chi connectivity index (χ4v) is 2.31. The first-order valence-corrected chi connectivity index (χ1v) is 7.44. The Balaban J connectivity index is 2.49. The zero-order valence-corrected chi connectivity index (χ0v) is 13.8. The van der Waals surface area contributed by atoms with Crippen LogP contribution in [0.25, 0.3) is 0 Å². The highest BCUT2D eigenvalue weighted by Crippen LogP contribution is 2.38. The molecule has 2 rings (SSSR count). The summed E-state index contributed by atoms with van der Waals surface area (Å²) in [6.45, 7) is 3.40. The summed E-state index contributed by atoms with van der Waals surface area (Å²) in [5.74, 6) is -1.62. The molecule has 0 unspecified atom stereocenters. The number of nitro benzene ring substituents is 1. The summed E-state index contributed by atoms with van der Waals surface area (Å²) in [6.07, 6.45) is 1.38. The second-order valence-corrected chi connectivity index (χ2v) is 5.65. The van der Waals surface area contributed by atoms with Crippen molar-refractivity contribution in [2.45, 2.75) is 0 Å². The average molecular weight is 432 g/mol. The summed E-state index contributed by atoms with van der Waals surface area (Å²) in [4.78, 5) is 10.6. The van der Waals surface area contributed by atoms with Gasteiger partial charge in [-0.05, 0) is 40.8 Å². The van der Waals surface area contributed by atoms with E-state index >= 15 is 0 Å². The molecule has 1 N–H and O–H groups in total. The minimum absolute atomic E-state index is 0.00575. The van der Waals surface area contributed by atoms with E-state index in [4.69, 9.17) is 4.74 Å². The Morgan fingerprint density at radius 2 is 2.04 bits per heavy atom. The lowest BCUT2D eigenvalue weighted by Crippen LogP contribution is -2.04. The molecular formula is C15H11F2IN2O3. The van der Waals surface area contributed by atoms with Gasteiger partial charge in [0, 0.05) is 15.7 Å². The van der Waals surface area contributed by atoms with Crippen molar-refractivity contribution in [2.75, 3.05) is 11.9 Å². The zero-order chi connectivity index (χ0) is 17.0. The molecule has 2 aromatic carbocycles. The van der Waals surface area contributed by atoms with Crippen molar-refractivity contribution in [1.29, 1.82) is 0 Å². The molecule has 0 aliphatic carbocycles. The van der Waals surface area contributed by atoms with Gasteiger partial charge in [-0.25, -0.2) is 8.78 Å². The van der Waals surface area contributed by atoms with E-state index in [-0.39, 0.29) is 23.7 Å². The quantitative estimate of drug-likeness (QED) is 0.309. The van der Waals surface area contributed by atoms with Crippen LogP contribution in [-0.2, 0) is 0 Å². The van der Waals surface area contributed by atoms with Crippen LogP contribution in [0.15, 0.2) is 43.0 Å². The van der Waals surface area contributed by atoms with Gasteiger partial charge >= 0.3 is 5.69 Å². The minimum atomic E-state index is -0.747. The smallest absolute Gasteiger partial charge is 0.334 e. The Bertz CT molecular complexity index is 769. The van der Waals surface area contributed by atoms with Crippen LogP contribution < -0.4 is 10.1 Å². The molecule has 0 spiro atoms. The lowest BCUT2D eigenvalue weighted by Gasteiger charge is -2.12. The van der Waals surface area contributed by atoms with Crippen molar-refractivity contribution in [3.63, 3.8) is 0 Å².